The zero-order valence-electron chi connectivity index (χ0n) is 15.3. The first-order valence-electron chi connectivity index (χ1n) is 8.90. The Morgan fingerprint density at radius 1 is 1.12 bits per heavy atom. The molecule has 0 bridgehead atoms. The van der Waals surface area contributed by atoms with Crippen molar-refractivity contribution >= 4 is 15.9 Å². The summed E-state index contributed by atoms with van der Waals surface area (Å²) in [7, 11) is -3.52. The van der Waals surface area contributed by atoms with Gasteiger partial charge in [-0.15, -0.1) is 0 Å². The molecule has 140 valence electrons. The van der Waals surface area contributed by atoms with Crippen LogP contribution in [0.3, 0.4) is 0 Å². The molecule has 2 rings (SSSR count). The number of hydrogen-bond donors (Lipinski definition) is 1. The van der Waals surface area contributed by atoms with E-state index < -0.39 is 10.0 Å². The van der Waals surface area contributed by atoms with Crippen molar-refractivity contribution in [2.45, 2.75) is 38.0 Å². The summed E-state index contributed by atoms with van der Waals surface area (Å²) in [4.78, 5) is 14.2. The lowest BCUT2D eigenvalue weighted by atomic mass is 9.99. The van der Waals surface area contributed by atoms with Crippen LogP contribution in [-0.2, 0) is 14.8 Å². The van der Waals surface area contributed by atoms with Gasteiger partial charge in [-0.25, -0.2) is 8.42 Å². The summed E-state index contributed by atoms with van der Waals surface area (Å²) in [6.45, 7) is 7.80. The van der Waals surface area contributed by atoms with Gasteiger partial charge in [0.15, 0.2) is 0 Å². The van der Waals surface area contributed by atoms with Gasteiger partial charge in [0.1, 0.15) is 0 Å². The molecule has 0 saturated carbocycles. The summed E-state index contributed by atoms with van der Waals surface area (Å²) in [5.41, 5.74) is 6.69. The molecule has 0 aromatic heterocycles. The molecule has 2 unspecified atom stereocenters. The highest BCUT2D eigenvalue weighted by atomic mass is 32.2. The molecule has 6 nitrogen and oxygen atoms in total. The van der Waals surface area contributed by atoms with Crippen molar-refractivity contribution in [2.75, 3.05) is 32.7 Å². The molecular weight excluding hydrogens is 338 g/mol. The van der Waals surface area contributed by atoms with E-state index in [2.05, 4.69) is 13.8 Å². The van der Waals surface area contributed by atoms with Gasteiger partial charge < -0.3 is 10.6 Å². The molecular formula is C18H29N3O3S. The number of nitrogens with two attached hydrogens (primary N) is 1. The minimum Gasteiger partial charge on any atom is -0.340 e. The third-order valence-corrected chi connectivity index (χ3v) is 6.94. The quantitative estimate of drug-likeness (QED) is 0.828. The van der Waals surface area contributed by atoms with Crippen LogP contribution in [-0.4, -0.2) is 56.3 Å². The Labute approximate surface area is 151 Å². The fourth-order valence-electron chi connectivity index (χ4n) is 2.91. The fraction of sp³-hybridized carbons (Fsp3) is 0.611. The van der Waals surface area contributed by atoms with E-state index in [-0.39, 0.29) is 11.8 Å². The molecule has 0 radical (unpaired) electrons. The van der Waals surface area contributed by atoms with Crippen LogP contribution in [0.5, 0.6) is 0 Å². The number of carbonyl (C=O) groups is 1. The van der Waals surface area contributed by atoms with Gasteiger partial charge in [-0.05, 0) is 30.0 Å². The maximum Gasteiger partial charge on any atom is 0.243 e. The monoisotopic (exact) mass is 367 g/mol. The summed E-state index contributed by atoms with van der Waals surface area (Å²) < 4.78 is 27.1. The van der Waals surface area contributed by atoms with E-state index in [0.717, 1.165) is 12.0 Å². The zero-order valence-corrected chi connectivity index (χ0v) is 16.1. The molecule has 2 N–H and O–H groups in total. The summed E-state index contributed by atoms with van der Waals surface area (Å²) >= 11 is 0. The summed E-state index contributed by atoms with van der Waals surface area (Å²) in [5, 5.41) is 0. The molecule has 1 aromatic rings. The predicted octanol–water partition coefficient (Wildman–Crippen LogP) is 1.63. The van der Waals surface area contributed by atoms with Crippen molar-refractivity contribution in [3.8, 4) is 0 Å². The topological polar surface area (TPSA) is 83.7 Å². The van der Waals surface area contributed by atoms with Crippen LogP contribution in [0.15, 0.2) is 29.2 Å². The van der Waals surface area contributed by atoms with E-state index in [4.69, 9.17) is 5.73 Å². The van der Waals surface area contributed by atoms with E-state index in [1.54, 1.807) is 24.0 Å². The minimum atomic E-state index is -3.52. The van der Waals surface area contributed by atoms with Crippen molar-refractivity contribution in [3.05, 3.63) is 29.8 Å². The number of benzene rings is 1. The standard InChI is InChI=1S/C18H29N3O3S/c1-4-14(2)16-5-7-17(8-6-16)25(23,24)21-11-9-20(10-12-21)18(22)15(3)13-19/h5-8,14-15H,4,9-13,19H2,1-3H3. The molecule has 1 aromatic carbocycles. The molecule has 1 fully saturated rings. The van der Waals surface area contributed by atoms with Gasteiger partial charge in [0.25, 0.3) is 0 Å². The Bertz CT molecular complexity index is 680. The van der Waals surface area contributed by atoms with Crippen LogP contribution >= 0.6 is 0 Å². The predicted molar refractivity (Wildman–Crippen MR) is 98.7 cm³/mol. The van der Waals surface area contributed by atoms with Crippen LogP contribution in [0.1, 0.15) is 38.7 Å². The summed E-state index contributed by atoms with van der Waals surface area (Å²) in [6.07, 6.45) is 1.02. The Balaban J connectivity index is 2.05. The Morgan fingerprint density at radius 2 is 1.68 bits per heavy atom. The highest BCUT2D eigenvalue weighted by Gasteiger charge is 2.31. The van der Waals surface area contributed by atoms with E-state index >= 15 is 0 Å². The second kappa shape index (κ2) is 8.29. The van der Waals surface area contributed by atoms with Crippen molar-refractivity contribution < 1.29 is 13.2 Å². The van der Waals surface area contributed by atoms with Gasteiger partial charge in [-0.3, -0.25) is 4.79 Å². The molecule has 7 heteroatoms. The van der Waals surface area contributed by atoms with Crippen molar-refractivity contribution in [3.63, 3.8) is 0 Å². The number of rotatable bonds is 6. The lowest BCUT2D eigenvalue weighted by Gasteiger charge is -2.35. The van der Waals surface area contributed by atoms with Gasteiger partial charge >= 0.3 is 0 Å². The second-order valence-corrected chi connectivity index (χ2v) is 8.68. The van der Waals surface area contributed by atoms with Gasteiger partial charge in [0.2, 0.25) is 15.9 Å². The highest BCUT2D eigenvalue weighted by molar-refractivity contribution is 7.89. The number of sulfonamides is 1. The first-order valence-corrected chi connectivity index (χ1v) is 10.3. The first-order chi connectivity index (χ1) is 11.8. The molecule has 0 spiro atoms. The number of piperazine rings is 1. The van der Waals surface area contributed by atoms with E-state index in [1.807, 2.05) is 12.1 Å². The highest BCUT2D eigenvalue weighted by Crippen LogP contribution is 2.23. The second-order valence-electron chi connectivity index (χ2n) is 6.74. The largest absolute Gasteiger partial charge is 0.340 e. The molecule has 1 aliphatic heterocycles. The zero-order chi connectivity index (χ0) is 18.6. The molecule has 2 atom stereocenters. The SMILES string of the molecule is CCC(C)c1ccc(S(=O)(=O)N2CCN(C(=O)C(C)CN)CC2)cc1. The van der Waals surface area contributed by atoms with Crippen LogP contribution in [0.2, 0.25) is 0 Å². The molecule has 25 heavy (non-hydrogen) atoms. The average molecular weight is 368 g/mol. The van der Waals surface area contributed by atoms with Crippen molar-refractivity contribution in [1.82, 2.24) is 9.21 Å². The number of carbonyl (C=O) groups excluding carboxylic acids is 1. The molecule has 1 saturated heterocycles. The lowest BCUT2D eigenvalue weighted by Crippen LogP contribution is -2.52. The average Bonchev–Trinajstić information content (AvgIpc) is 2.66. The molecule has 1 heterocycles. The van der Waals surface area contributed by atoms with Gasteiger partial charge in [-0.1, -0.05) is 32.9 Å². The van der Waals surface area contributed by atoms with E-state index in [9.17, 15) is 13.2 Å². The fourth-order valence-corrected chi connectivity index (χ4v) is 4.34. The summed E-state index contributed by atoms with van der Waals surface area (Å²) in [6, 6.07) is 7.16. The third kappa shape index (κ3) is 4.40. The van der Waals surface area contributed by atoms with Crippen LogP contribution in [0.25, 0.3) is 0 Å². The third-order valence-electron chi connectivity index (χ3n) is 5.02. The molecule has 1 aliphatic rings. The van der Waals surface area contributed by atoms with Crippen LogP contribution in [0, 0.1) is 5.92 Å². The van der Waals surface area contributed by atoms with Gasteiger partial charge in [0, 0.05) is 38.6 Å². The number of hydrogen-bond acceptors (Lipinski definition) is 4. The number of nitrogens with zero attached hydrogens (tertiary/aromatic N) is 2. The van der Waals surface area contributed by atoms with Gasteiger partial charge in [-0.2, -0.15) is 4.31 Å². The smallest absolute Gasteiger partial charge is 0.243 e. The maximum atomic E-state index is 12.8. The molecule has 1 amide bonds. The van der Waals surface area contributed by atoms with Crippen molar-refractivity contribution in [2.24, 2.45) is 11.7 Å². The Hall–Kier alpha value is -1.44. The lowest BCUT2D eigenvalue weighted by molar-refractivity contribution is -0.135. The van der Waals surface area contributed by atoms with Crippen LogP contribution in [0.4, 0.5) is 0 Å². The molecule has 0 aliphatic carbocycles. The number of amides is 1. The van der Waals surface area contributed by atoms with Gasteiger partial charge in [0.05, 0.1) is 4.90 Å². The normalized spacial score (nSPS) is 18.8. The minimum absolute atomic E-state index is 0.00236. The maximum absolute atomic E-state index is 12.8. The Kier molecular flexibility index (Phi) is 6.59. The van der Waals surface area contributed by atoms with Crippen LogP contribution < -0.4 is 5.73 Å². The summed E-state index contributed by atoms with van der Waals surface area (Å²) in [5.74, 6) is 0.185. The van der Waals surface area contributed by atoms with Crippen molar-refractivity contribution in [1.29, 1.82) is 0 Å². The van der Waals surface area contributed by atoms with E-state index in [0.29, 0.717) is 43.5 Å². The van der Waals surface area contributed by atoms with E-state index in [1.165, 1.54) is 4.31 Å². The first kappa shape index (κ1) is 19.9. The Morgan fingerprint density at radius 3 is 2.16 bits per heavy atom.